The van der Waals surface area contributed by atoms with Crippen LogP contribution in [0.2, 0.25) is 0 Å². The average Bonchev–Trinajstić information content (AvgIpc) is 2.80. The Balaban J connectivity index is 2.46. The standard InChI is InChI=1S/C27H46N4O5/c1-18(2)28-27(34)29-22-11-12-24-23(14-22)26(33)31(20(4)17-32)15-19(3)25(16-30(6)7)35-13-9-8-10-21(5)36-24/h11-12,14,18-21,25,32H,8-10,13,15-17H2,1-7H3,(H2,28,29,34)/t19-,20+,21+,25+/m0/s1. The Kier molecular flexibility index (Phi) is 11.9. The molecule has 3 amide bonds. The summed E-state index contributed by atoms with van der Waals surface area (Å²) in [7, 11) is 4.03. The third-order valence-corrected chi connectivity index (χ3v) is 6.27. The number of hydrogen-bond acceptors (Lipinski definition) is 6. The second kappa shape index (κ2) is 14.4. The van der Waals surface area contributed by atoms with Crippen molar-refractivity contribution >= 4 is 17.6 Å². The lowest BCUT2D eigenvalue weighted by Gasteiger charge is -2.35. The Bertz CT molecular complexity index is 847. The van der Waals surface area contributed by atoms with Crippen LogP contribution in [0.15, 0.2) is 18.2 Å². The number of carbonyl (C=O) groups is 2. The van der Waals surface area contributed by atoms with Crippen molar-refractivity contribution in [2.45, 2.75) is 78.2 Å². The molecule has 1 aromatic rings. The van der Waals surface area contributed by atoms with Gasteiger partial charge in [0.15, 0.2) is 0 Å². The minimum atomic E-state index is -0.404. The van der Waals surface area contributed by atoms with E-state index in [2.05, 4.69) is 22.5 Å². The van der Waals surface area contributed by atoms with Gasteiger partial charge >= 0.3 is 6.03 Å². The molecule has 0 fully saturated rings. The summed E-state index contributed by atoms with van der Waals surface area (Å²) in [6, 6.07) is 4.37. The lowest BCUT2D eigenvalue weighted by Crippen LogP contribution is -2.47. The molecular weight excluding hydrogens is 460 g/mol. The molecule has 9 heteroatoms. The second-order valence-corrected chi connectivity index (χ2v) is 10.5. The number of aliphatic hydroxyl groups is 1. The average molecular weight is 507 g/mol. The highest BCUT2D eigenvalue weighted by Gasteiger charge is 2.30. The number of anilines is 1. The van der Waals surface area contributed by atoms with Crippen molar-refractivity contribution in [2.24, 2.45) is 5.92 Å². The summed E-state index contributed by atoms with van der Waals surface area (Å²) < 4.78 is 12.5. The smallest absolute Gasteiger partial charge is 0.319 e. The van der Waals surface area contributed by atoms with Crippen LogP contribution in [0.4, 0.5) is 10.5 Å². The maximum atomic E-state index is 14.0. The van der Waals surface area contributed by atoms with Gasteiger partial charge in [-0.1, -0.05) is 6.92 Å². The molecular formula is C27H46N4O5. The molecule has 36 heavy (non-hydrogen) atoms. The van der Waals surface area contributed by atoms with Crippen molar-refractivity contribution in [1.29, 1.82) is 0 Å². The lowest BCUT2D eigenvalue weighted by atomic mass is 10.0. The van der Waals surface area contributed by atoms with E-state index in [9.17, 15) is 14.7 Å². The number of likely N-dealkylation sites (N-methyl/N-ethyl adjacent to an activating group) is 1. The number of benzene rings is 1. The molecule has 1 heterocycles. The molecule has 1 aliphatic heterocycles. The van der Waals surface area contributed by atoms with E-state index in [0.717, 1.165) is 25.8 Å². The zero-order chi connectivity index (χ0) is 26.8. The van der Waals surface area contributed by atoms with E-state index in [1.165, 1.54) is 0 Å². The molecule has 1 aliphatic rings. The van der Waals surface area contributed by atoms with Crippen LogP contribution in [0.25, 0.3) is 0 Å². The Morgan fingerprint density at radius 1 is 1.22 bits per heavy atom. The van der Waals surface area contributed by atoms with Gasteiger partial charge in [0.2, 0.25) is 0 Å². The summed E-state index contributed by atoms with van der Waals surface area (Å²) in [4.78, 5) is 30.0. The van der Waals surface area contributed by atoms with Crippen LogP contribution in [0, 0.1) is 5.92 Å². The molecule has 0 radical (unpaired) electrons. The van der Waals surface area contributed by atoms with E-state index >= 15 is 0 Å². The molecule has 0 aromatic heterocycles. The van der Waals surface area contributed by atoms with Gasteiger partial charge in [-0.15, -0.1) is 0 Å². The lowest BCUT2D eigenvalue weighted by molar-refractivity contribution is -0.0137. The molecule has 2 rings (SSSR count). The Hall–Kier alpha value is -2.36. The molecule has 0 unspecified atom stereocenters. The summed E-state index contributed by atoms with van der Waals surface area (Å²) in [5, 5.41) is 15.6. The molecule has 4 atom stereocenters. The number of nitrogens with zero attached hydrogens (tertiary/aromatic N) is 2. The number of amides is 3. The van der Waals surface area contributed by atoms with Crippen molar-refractivity contribution in [3.63, 3.8) is 0 Å². The molecule has 0 spiro atoms. The van der Waals surface area contributed by atoms with E-state index in [-0.39, 0.29) is 42.7 Å². The highest BCUT2D eigenvalue weighted by Crippen LogP contribution is 2.28. The van der Waals surface area contributed by atoms with Crippen molar-refractivity contribution in [2.75, 3.05) is 45.7 Å². The third-order valence-electron chi connectivity index (χ3n) is 6.27. The van der Waals surface area contributed by atoms with Crippen LogP contribution in [-0.4, -0.2) is 91.5 Å². The van der Waals surface area contributed by atoms with Crippen LogP contribution >= 0.6 is 0 Å². The van der Waals surface area contributed by atoms with Crippen molar-refractivity contribution < 1.29 is 24.2 Å². The predicted molar refractivity (Wildman–Crippen MR) is 143 cm³/mol. The summed E-state index contributed by atoms with van der Waals surface area (Å²) in [5.74, 6) is 0.261. The van der Waals surface area contributed by atoms with Crippen molar-refractivity contribution in [1.82, 2.24) is 15.1 Å². The maximum Gasteiger partial charge on any atom is 0.319 e. The molecule has 0 saturated carbocycles. The number of hydrogen-bond donors (Lipinski definition) is 3. The van der Waals surface area contributed by atoms with Crippen LogP contribution in [0.3, 0.4) is 0 Å². The molecule has 204 valence electrons. The van der Waals surface area contributed by atoms with E-state index in [1.54, 1.807) is 23.1 Å². The fourth-order valence-electron chi connectivity index (χ4n) is 4.25. The quantitative estimate of drug-likeness (QED) is 0.545. The number of urea groups is 1. The number of rotatable bonds is 6. The predicted octanol–water partition coefficient (Wildman–Crippen LogP) is 3.57. The van der Waals surface area contributed by atoms with E-state index in [4.69, 9.17) is 9.47 Å². The fraction of sp³-hybridized carbons (Fsp3) is 0.704. The van der Waals surface area contributed by atoms with Gasteiger partial charge in [0.1, 0.15) is 5.75 Å². The minimum absolute atomic E-state index is 0.0205. The largest absolute Gasteiger partial charge is 0.490 e. The molecule has 0 saturated heterocycles. The van der Waals surface area contributed by atoms with Crippen molar-refractivity contribution in [3.8, 4) is 5.75 Å². The Morgan fingerprint density at radius 2 is 1.94 bits per heavy atom. The highest BCUT2D eigenvalue weighted by atomic mass is 16.5. The normalized spacial score (nSPS) is 23.0. The van der Waals surface area contributed by atoms with Gasteiger partial charge in [-0.05, 0) is 79.3 Å². The van der Waals surface area contributed by atoms with Gasteiger partial charge in [-0.25, -0.2) is 4.79 Å². The fourth-order valence-corrected chi connectivity index (χ4v) is 4.25. The van der Waals surface area contributed by atoms with Gasteiger partial charge in [0, 0.05) is 37.3 Å². The summed E-state index contributed by atoms with van der Waals surface area (Å²) >= 11 is 0. The Labute approximate surface area is 216 Å². The first kappa shape index (κ1) is 29.9. The molecule has 3 N–H and O–H groups in total. The van der Waals surface area contributed by atoms with E-state index in [1.807, 2.05) is 41.8 Å². The first-order chi connectivity index (χ1) is 17.0. The Morgan fingerprint density at radius 3 is 2.58 bits per heavy atom. The third kappa shape index (κ3) is 9.26. The van der Waals surface area contributed by atoms with Gasteiger partial charge in [0.05, 0.1) is 30.4 Å². The number of nitrogens with one attached hydrogen (secondary N) is 2. The van der Waals surface area contributed by atoms with Gasteiger partial charge < -0.3 is 35.0 Å². The number of carbonyl (C=O) groups excluding carboxylic acids is 2. The van der Waals surface area contributed by atoms with Crippen molar-refractivity contribution in [3.05, 3.63) is 23.8 Å². The number of aliphatic hydroxyl groups excluding tert-OH is 1. The summed E-state index contributed by atoms with van der Waals surface area (Å²) in [6.07, 6.45) is 2.57. The first-order valence-electron chi connectivity index (χ1n) is 13.1. The zero-order valence-electron chi connectivity index (χ0n) is 23.0. The monoisotopic (exact) mass is 506 g/mol. The summed E-state index contributed by atoms with van der Waals surface area (Å²) in [5.41, 5.74) is 0.856. The van der Waals surface area contributed by atoms with E-state index in [0.29, 0.717) is 30.2 Å². The highest BCUT2D eigenvalue weighted by molar-refractivity contribution is 5.99. The van der Waals surface area contributed by atoms with Crippen LogP contribution < -0.4 is 15.4 Å². The maximum absolute atomic E-state index is 14.0. The van der Waals surface area contributed by atoms with E-state index < -0.39 is 6.04 Å². The van der Waals surface area contributed by atoms with Crippen LogP contribution in [-0.2, 0) is 4.74 Å². The first-order valence-corrected chi connectivity index (χ1v) is 13.1. The van der Waals surface area contributed by atoms with Crippen LogP contribution in [0.1, 0.15) is 64.2 Å². The molecule has 0 bridgehead atoms. The summed E-state index contributed by atoms with van der Waals surface area (Å²) in [6.45, 7) is 11.3. The van der Waals surface area contributed by atoms with Gasteiger partial charge in [0.25, 0.3) is 5.91 Å². The second-order valence-electron chi connectivity index (χ2n) is 10.5. The minimum Gasteiger partial charge on any atom is -0.490 e. The number of ether oxygens (including phenoxy) is 2. The van der Waals surface area contributed by atoms with Gasteiger partial charge in [-0.2, -0.15) is 0 Å². The van der Waals surface area contributed by atoms with Crippen LogP contribution in [0.5, 0.6) is 5.75 Å². The molecule has 9 nitrogen and oxygen atoms in total. The molecule has 0 aliphatic carbocycles. The number of fused-ring (bicyclic) bond motifs is 1. The molecule has 1 aromatic carbocycles. The van der Waals surface area contributed by atoms with Gasteiger partial charge in [-0.3, -0.25) is 4.79 Å². The SMILES string of the molecule is CC(C)NC(=O)Nc1ccc2c(c1)C(=O)N([C@H](C)CO)C[C@H](C)[C@@H](CN(C)C)OCCCC[C@@H](C)O2. The topological polar surface area (TPSA) is 103 Å². The zero-order valence-corrected chi connectivity index (χ0v) is 23.0.